The molecule has 0 fully saturated rings. The standard InChI is InChI=1S/C11H14ClN3/c1-7(6-13)5-10-14-9-4-2-3-8(12)11(9)15-10/h2-4,7H,5-6,13H2,1H3,(H,14,15). The molecule has 1 heterocycles. The molecule has 2 rings (SSSR count). The van der Waals surface area contributed by atoms with Crippen LogP contribution in [0.4, 0.5) is 0 Å². The minimum atomic E-state index is 0.435. The number of aromatic nitrogens is 2. The number of para-hydroxylation sites is 1. The summed E-state index contributed by atoms with van der Waals surface area (Å²) in [6.45, 7) is 2.78. The van der Waals surface area contributed by atoms with E-state index in [1.165, 1.54) is 0 Å². The molecule has 0 amide bonds. The highest BCUT2D eigenvalue weighted by Crippen LogP contribution is 2.21. The maximum absolute atomic E-state index is 6.03. The fraction of sp³-hybridized carbons (Fsp3) is 0.364. The molecule has 0 aliphatic carbocycles. The maximum Gasteiger partial charge on any atom is 0.107 e. The van der Waals surface area contributed by atoms with E-state index >= 15 is 0 Å². The number of rotatable bonds is 3. The molecule has 0 radical (unpaired) electrons. The van der Waals surface area contributed by atoms with Crippen LogP contribution in [0.15, 0.2) is 18.2 Å². The molecule has 0 aliphatic heterocycles. The molecule has 0 saturated carbocycles. The number of benzene rings is 1. The van der Waals surface area contributed by atoms with Crippen molar-refractivity contribution < 1.29 is 0 Å². The monoisotopic (exact) mass is 223 g/mol. The molecule has 2 aromatic rings. The Hall–Kier alpha value is -1.06. The zero-order chi connectivity index (χ0) is 10.8. The third kappa shape index (κ3) is 2.13. The van der Waals surface area contributed by atoms with Gasteiger partial charge in [-0.05, 0) is 24.6 Å². The predicted octanol–water partition coefficient (Wildman–Crippen LogP) is 2.35. The highest BCUT2D eigenvalue weighted by atomic mass is 35.5. The molecule has 0 aliphatic rings. The van der Waals surface area contributed by atoms with Crippen LogP contribution >= 0.6 is 11.6 Å². The van der Waals surface area contributed by atoms with E-state index in [-0.39, 0.29) is 0 Å². The van der Waals surface area contributed by atoms with Crippen molar-refractivity contribution in [3.8, 4) is 0 Å². The Kier molecular flexibility index (Phi) is 2.93. The second kappa shape index (κ2) is 4.21. The van der Waals surface area contributed by atoms with Crippen molar-refractivity contribution in [2.24, 2.45) is 11.7 Å². The van der Waals surface area contributed by atoms with Gasteiger partial charge in [0, 0.05) is 6.42 Å². The van der Waals surface area contributed by atoms with E-state index in [4.69, 9.17) is 17.3 Å². The third-order valence-corrected chi connectivity index (χ3v) is 2.76. The van der Waals surface area contributed by atoms with Crippen LogP contribution in [0.2, 0.25) is 5.02 Å². The van der Waals surface area contributed by atoms with Crippen LogP contribution < -0.4 is 5.73 Å². The van der Waals surface area contributed by atoms with Crippen LogP contribution in [0.3, 0.4) is 0 Å². The van der Waals surface area contributed by atoms with Crippen molar-refractivity contribution in [3.05, 3.63) is 29.0 Å². The number of nitrogens with zero attached hydrogens (tertiary/aromatic N) is 1. The Morgan fingerprint density at radius 3 is 3.00 bits per heavy atom. The molecular weight excluding hydrogens is 210 g/mol. The van der Waals surface area contributed by atoms with E-state index in [9.17, 15) is 0 Å². The normalized spacial score (nSPS) is 13.3. The topological polar surface area (TPSA) is 54.7 Å². The molecule has 0 spiro atoms. The Balaban J connectivity index is 2.35. The number of hydrogen-bond acceptors (Lipinski definition) is 2. The summed E-state index contributed by atoms with van der Waals surface area (Å²) in [6.07, 6.45) is 0.863. The van der Waals surface area contributed by atoms with Gasteiger partial charge in [-0.2, -0.15) is 0 Å². The van der Waals surface area contributed by atoms with Gasteiger partial charge < -0.3 is 10.7 Å². The highest BCUT2D eigenvalue weighted by molar-refractivity contribution is 6.34. The fourth-order valence-corrected chi connectivity index (χ4v) is 1.78. The maximum atomic E-state index is 6.03. The molecule has 1 atom stereocenters. The minimum absolute atomic E-state index is 0.435. The van der Waals surface area contributed by atoms with E-state index in [0.29, 0.717) is 17.5 Å². The average molecular weight is 224 g/mol. The molecule has 0 saturated heterocycles. The van der Waals surface area contributed by atoms with Gasteiger partial charge in [-0.1, -0.05) is 24.6 Å². The van der Waals surface area contributed by atoms with Gasteiger partial charge in [-0.3, -0.25) is 0 Å². The lowest BCUT2D eigenvalue weighted by molar-refractivity contribution is 0.578. The Morgan fingerprint density at radius 2 is 2.33 bits per heavy atom. The summed E-state index contributed by atoms with van der Waals surface area (Å²) in [5.41, 5.74) is 7.41. The van der Waals surface area contributed by atoms with Gasteiger partial charge in [0.15, 0.2) is 0 Å². The van der Waals surface area contributed by atoms with Crippen molar-refractivity contribution in [3.63, 3.8) is 0 Å². The van der Waals surface area contributed by atoms with Gasteiger partial charge >= 0.3 is 0 Å². The van der Waals surface area contributed by atoms with E-state index < -0.39 is 0 Å². The zero-order valence-corrected chi connectivity index (χ0v) is 9.38. The number of hydrogen-bond donors (Lipinski definition) is 2. The smallest absolute Gasteiger partial charge is 0.107 e. The molecule has 1 aromatic carbocycles. The first-order valence-corrected chi connectivity index (χ1v) is 5.41. The fourth-order valence-electron chi connectivity index (χ4n) is 1.56. The van der Waals surface area contributed by atoms with E-state index in [1.54, 1.807) is 0 Å². The lowest BCUT2D eigenvalue weighted by Crippen LogP contribution is -2.13. The molecule has 80 valence electrons. The van der Waals surface area contributed by atoms with E-state index in [1.807, 2.05) is 18.2 Å². The Labute approximate surface area is 93.6 Å². The summed E-state index contributed by atoms with van der Waals surface area (Å²) >= 11 is 6.03. The predicted molar refractivity (Wildman–Crippen MR) is 63.0 cm³/mol. The number of halogens is 1. The van der Waals surface area contributed by atoms with Crippen LogP contribution in [-0.4, -0.2) is 16.5 Å². The van der Waals surface area contributed by atoms with Crippen molar-refractivity contribution in [1.82, 2.24) is 9.97 Å². The van der Waals surface area contributed by atoms with E-state index in [0.717, 1.165) is 23.3 Å². The first-order chi connectivity index (χ1) is 7.20. The molecule has 4 heteroatoms. The summed E-state index contributed by atoms with van der Waals surface area (Å²) in [5, 5.41) is 0.690. The highest BCUT2D eigenvalue weighted by Gasteiger charge is 2.08. The Bertz CT molecular complexity index is 464. The second-order valence-electron chi connectivity index (χ2n) is 3.86. The zero-order valence-electron chi connectivity index (χ0n) is 8.63. The Morgan fingerprint density at radius 1 is 1.53 bits per heavy atom. The summed E-state index contributed by atoms with van der Waals surface area (Å²) < 4.78 is 0. The van der Waals surface area contributed by atoms with Gasteiger partial charge in [-0.15, -0.1) is 0 Å². The molecule has 3 nitrogen and oxygen atoms in total. The number of aromatic amines is 1. The summed E-state index contributed by atoms with van der Waals surface area (Å²) in [4.78, 5) is 7.71. The van der Waals surface area contributed by atoms with Gasteiger partial charge in [0.1, 0.15) is 11.3 Å². The first kappa shape index (κ1) is 10.5. The van der Waals surface area contributed by atoms with Crippen molar-refractivity contribution in [2.45, 2.75) is 13.3 Å². The molecule has 15 heavy (non-hydrogen) atoms. The van der Waals surface area contributed by atoms with Gasteiger partial charge in [-0.25, -0.2) is 4.98 Å². The molecular formula is C11H14ClN3. The van der Waals surface area contributed by atoms with Crippen molar-refractivity contribution >= 4 is 22.6 Å². The van der Waals surface area contributed by atoms with Gasteiger partial charge in [0.25, 0.3) is 0 Å². The lowest BCUT2D eigenvalue weighted by atomic mass is 10.1. The summed E-state index contributed by atoms with van der Waals surface area (Å²) in [5.74, 6) is 1.39. The van der Waals surface area contributed by atoms with Crippen molar-refractivity contribution in [2.75, 3.05) is 6.54 Å². The number of imidazole rings is 1. The summed E-state index contributed by atoms with van der Waals surface area (Å²) in [6, 6.07) is 5.74. The van der Waals surface area contributed by atoms with Crippen molar-refractivity contribution in [1.29, 1.82) is 0 Å². The average Bonchev–Trinajstić information content (AvgIpc) is 2.62. The van der Waals surface area contributed by atoms with Gasteiger partial charge in [0.05, 0.1) is 10.5 Å². The van der Waals surface area contributed by atoms with Crippen LogP contribution in [0.1, 0.15) is 12.7 Å². The largest absolute Gasteiger partial charge is 0.342 e. The number of nitrogens with two attached hydrogens (primary N) is 1. The van der Waals surface area contributed by atoms with Crippen LogP contribution in [0.25, 0.3) is 11.0 Å². The summed E-state index contributed by atoms with van der Waals surface area (Å²) in [7, 11) is 0. The van der Waals surface area contributed by atoms with Crippen LogP contribution in [0.5, 0.6) is 0 Å². The van der Waals surface area contributed by atoms with Crippen LogP contribution in [-0.2, 0) is 6.42 Å². The van der Waals surface area contributed by atoms with Gasteiger partial charge in [0.2, 0.25) is 0 Å². The molecule has 0 bridgehead atoms. The third-order valence-electron chi connectivity index (χ3n) is 2.46. The van der Waals surface area contributed by atoms with Crippen LogP contribution in [0, 0.1) is 5.92 Å². The molecule has 1 unspecified atom stereocenters. The van der Waals surface area contributed by atoms with E-state index in [2.05, 4.69) is 16.9 Å². The quantitative estimate of drug-likeness (QED) is 0.840. The first-order valence-electron chi connectivity index (χ1n) is 5.04. The number of fused-ring (bicyclic) bond motifs is 1. The number of H-pyrrole nitrogens is 1. The second-order valence-corrected chi connectivity index (χ2v) is 4.27. The SMILES string of the molecule is CC(CN)Cc1nc2c(Cl)cccc2[nH]1. The minimum Gasteiger partial charge on any atom is -0.342 e. The molecule has 3 N–H and O–H groups in total. The lowest BCUT2D eigenvalue weighted by Gasteiger charge is -2.03. The number of nitrogens with one attached hydrogen (secondary N) is 1. The molecule has 1 aromatic heterocycles.